The standard InChI is InChI=1S/C10H8N6O3/c17-10-13-9(6-12-15-10)14-11-5-7-2-1-3-8(4-7)16(18)19/h1-6H,(H2,13,14,15,17)/b11-5-. The predicted octanol–water partition coefficient (Wildman–Crippen LogP) is 0.519. The second-order valence-corrected chi connectivity index (χ2v) is 3.39. The summed E-state index contributed by atoms with van der Waals surface area (Å²) in [6.07, 6.45) is 2.65. The number of benzene rings is 1. The fraction of sp³-hybridized carbons (Fsp3) is 0. The van der Waals surface area contributed by atoms with Gasteiger partial charge in [0.05, 0.1) is 17.3 Å². The van der Waals surface area contributed by atoms with Gasteiger partial charge in [-0.25, -0.2) is 9.89 Å². The minimum atomic E-state index is -0.601. The van der Waals surface area contributed by atoms with E-state index in [1.165, 1.54) is 24.5 Å². The van der Waals surface area contributed by atoms with E-state index in [-0.39, 0.29) is 11.5 Å². The molecule has 1 aromatic heterocycles. The smallest absolute Gasteiger partial charge is 0.260 e. The van der Waals surface area contributed by atoms with E-state index in [1.54, 1.807) is 12.1 Å². The molecule has 9 nitrogen and oxygen atoms in total. The van der Waals surface area contributed by atoms with Crippen LogP contribution in [-0.4, -0.2) is 26.3 Å². The molecule has 2 rings (SSSR count). The first-order chi connectivity index (χ1) is 9.15. The Balaban J connectivity index is 2.09. The molecule has 0 bridgehead atoms. The lowest BCUT2D eigenvalue weighted by molar-refractivity contribution is -0.384. The molecule has 0 atom stereocenters. The van der Waals surface area contributed by atoms with Crippen LogP contribution in [0.4, 0.5) is 11.5 Å². The summed E-state index contributed by atoms with van der Waals surface area (Å²) in [6.45, 7) is 0. The SMILES string of the molecule is O=c1nc(N/N=C\c2cccc([N+](=O)[O-])c2)cn[nH]1. The maximum atomic E-state index is 10.8. The van der Waals surface area contributed by atoms with Crippen molar-refractivity contribution in [3.05, 3.63) is 56.6 Å². The van der Waals surface area contributed by atoms with E-state index in [4.69, 9.17) is 0 Å². The summed E-state index contributed by atoms with van der Waals surface area (Å²) in [7, 11) is 0. The molecule has 0 amide bonds. The minimum absolute atomic E-state index is 0.0279. The van der Waals surface area contributed by atoms with Crippen LogP contribution in [0.5, 0.6) is 0 Å². The summed E-state index contributed by atoms with van der Waals surface area (Å²) in [4.78, 5) is 24.5. The first-order valence-electron chi connectivity index (χ1n) is 5.10. The Kier molecular flexibility index (Phi) is 3.57. The maximum Gasteiger partial charge on any atom is 0.363 e. The van der Waals surface area contributed by atoms with Crippen molar-refractivity contribution in [3.8, 4) is 0 Å². The number of hydrogen-bond donors (Lipinski definition) is 2. The van der Waals surface area contributed by atoms with Gasteiger partial charge in [0.15, 0.2) is 5.82 Å². The van der Waals surface area contributed by atoms with Crippen LogP contribution in [0, 0.1) is 10.1 Å². The normalized spacial score (nSPS) is 10.5. The van der Waals surface area contributed by atoms with Crippen molar-refractivity contribution >= 4 is 17.7 Å². The fourth-order valence-electron chi connectivity index (χ4n) is 1.26. The number of anilines is 1. The molecule has 9 heteroatoms. The van der Waals surface area contributed by atoms with Gasteiger partial charge in [0, 0.05) is 17.7 Å². The molecular formula is C10H8N6O3. The lowest BCUT2D eigenvalue weighted by Crippen LogP contribution is -2.13. The largest absolute Gasteiger partial charge is 0.363 e. The van der Waals surface area contributed by atoms with Crippen LogP contribution in [0.15, 0.2) is 40.4 Å². The number of nitro benzene ring substituents is 1. The minimum Gasteiger partial charge on any atom is -0.260 e. The number of aromatic nitrogens is 3. The highest BCUT2D eigenvalue weighted by molar-refractivity contribution is 5.81. The molecule has 0 radical (unpaired) electrons. The lowest BCUT2D eigenvalue weighted by Gasteiger charge is -1.96. The molecule has 0 aliphatic carbocycles. The van der Waals surface area contributed by atoms with Crippen LogP contribution in [0.3, 0.4) is 0 Å². The number of hydrazone groups is 1. The summed E-state index contributed by atoms with van der Waals surface area (Å²) >= 11 is 0. The summed E-state index contributed by atoms with van der Waals surface area (Å²) in [5.74, 6) is 0.172. The van der Waals surface area contributed by atoms with E-state index in [2.05, 4.69) is 25.7 Å². The Bertz CT molecular complexity index is 681. The molecule has 0 aliphatic rings. The average molecular weight is 260 g/mol. The number of nitro groups is 1. The van der Waals surface area contributed by atoms with Gasteiger partial charge in [0.1, 0.15) is 0 Å². The van der Waals surface area contributed by atoms with E-state index < -0.39 is 10.6 Å². The number of hydrogen-bond acceptors (Lipinski definition) is 7. The highest BCUT2D eigenvalue weighted by Gasteiger charge is 2.03. The van der Waals surface area contributed by atoms with Crippen LogP contribution in [0.1, 0.15) is 5.56 Å². The van der Waals surface area contributed by atoms with Crippen LogP contribution in [-0.2, 0) is 0 Å². The number of rotatable bonds is 4. The van der Waals surface area contributed by atoms with Gasteiger partial charge >= 0.3 is 5.69 Å². The summed E-state index contributed by atoms with van der Waals surface area (Å²) in [6, 6.07) is 5.95. The molecule has 1 heterocycles. The predicted molar refractivity (Wildman–Crippen MR) is 67.0 cm³/mol. The average Bonchev–Trinajstić information content (AvgIpc) is 2.39. The molecule has 0 spiro atoms. The second kappa shape index (κ2) is 5.49. The van der Waals surface area contributed by atoms with Crippen molar-refractivity contribution in [3.63, 3.8) is 0 Å². The number of non-ortho nitro benzene ring substituents is 1. The quantitative estimate of drug-likeness (QED) is 0.468. The molecule has 1 aromatic carbocycles. The van der Waals surface area contributed by atoms with Gasteiger partial charge in [-0.3, -0.25) is 15.5 Å². The van der Waals surface area contributed by atoms with Crippen molar-refractivity contribution in [2.24, 2.45) is 5.10 Å². The Morgan fingerprint density at radius 2 is 2.32 bits per heavy atom. The number of aromatic amines is 1. The van der Waals surface area contributed by atoms with Crippen LogP contribution >= 0.6 is 0 Å². The summed E-state index contributed by atoms with van der Waals surface area (Å²) in [5.41, 5.74) is 2.40. The van der Waals surface area contributed by atoms with Gasteiger partial charge in [-0.2, -0.15) is 15.2 Å². The topological polar surface area (TPSA) is 126 Å². The molecule has 0 fully saturated rings. The molecule has 2 aromatic rings. The fourth-order valence-corrected chi connectivity index (χ4v) is 1.26. The third kappa shape index (κ3) is 3.43. The zero-order valence-electron chi connectivity index (χ0n) is 9.48. The molecule has 0 saturated heterocycles. The number of nitrogens with zero attached hydrogens (tertiary/aromatic N) is 4. The zero-order chi connectivity index (χ0) is 13.7. The van der Waals surface area contributed by atoms with Gasteiger partial charge in [0.25, 0.3) is 5.69 Å². The second-order valence-electron chi connectivity index (χ2n) is 3.39. The molecule has 96 valence electrons. The van der Waals surface area contributed by atoms with Gasteiger partial charge < -0.3 is 0 Å². The van der Waals surface area contributed by atoms with E-state index >= 15 is 0 Å². The Morgan fingerprint density at radius 1 is 1.47 bits per heavy atom. The van der Waals surface area contributed by atoms with E-state index in [0.717, 1.165) is 0 Å². The van der Waals surface area contributed by atoms with Gasteiger partial charge in [0.2, 0.25) is 0 Å². The van der Waals surface area contributed by atoms with Gasteiger partial charge in [-0.05, 0) is 0 Å². The van der Waals surface area contributed by atoms with Crippen LogP contribution in [0.2, 0.25) is 0 Å². The van der Waals surface area contributed by atoms with Crippen molar-refractivity contribution in [2.75, 3.05) is 5.43 Å². The van der Waals surface area contributed by atoms with Gasteiger partial charge in [-0.1, -0.05) is 12.1 Å². The molecular weight excluding hydrogens is 252 g/mol. The van der Waals surface area contributed by atoms with Crippen LogP contribution < -0.4 is 11.1 Å². The Labute approximate surface area is 106 Å². The van der Waals surface area contributed by atoms with Gasteiger partial charge in [-0.15, -0.1) is 0 Å². The maximum absolute atomic E-state index is 10.8. The molecule has 0 aliphatic heterocycles. The van der Waals surface area contributed by atoms with Crippen molar-refractivity contribution in [2.45, 2.75) is 0 Å². The third-order valence-corrected chi connectivity index (χ3v) is 2.04. The van der Waals surface area contributed by atoms with Crippen molar-refractivity contribution < 1.29 is 4.92 Å². The first-order valence-corrected chi connectivity index (χ1v) is 5.10. The monoisotopic (exact) mass is 260 g/mol. The number of nitrogens with one attached hydrogen (secondary N) is 2. The zero-order valence-corrected chi connectivity index (χ0v) is 9.48. The molecule has 2 N–H and O–H groups in total. The van der Waals surface area contributed by atoms with E-state index in [9.17, 15) is 14.9 Å². The van der Waals surface area contributed by atoms with Crippen LogP contribution in [0.25, 0.3) is 0 Å². The van der Waals surface area contributed by atoms with E-state index in [1.807, 2.05) is 0 Å². The third-order valence-electron chi connectivity index (χ3n) is 2.04. The highest BCUT2D eigenvalue weighted by atomic mass is 16.6. The first kappa shape index (κ1) is 12.4. The molecule has 0 saturated carbocycles. The lowest BCUT2D eigenvalue weighted by atomic mass is 10.2. The Morgan fingerprint density at radius 3 is 3.05 bits per heavy atom. The highest BCUT2D eigenvalue weighted by Crippen LogP contribution is 2.11. The van der Waals surface area contributed by atoms with Crippen molar-refractivity contribution in [1.82, 2.24) is 15.2 Å². The number of H-pyrrole nitrogens is 1. The Hall–Kier alpha value is -3.10. The van der Waals surface area contributed by atoms with Crippen molar-refractivity contribution in [1.29, 1.82) is 0 Å². The van der Waals surface area contributed by atoms with E-state index in [0.29, 0.717) is 5.56 Å². The summed E-state index contributed by atoms with van der Waals surface area (Å²) in [5, 5.41) is 20.0. The summed E-state index contributed by atoms with van der Waals surface area (Å²) < 4.78 is 0. The molecule has 0 unspecified atom stereocenters. The molecule has 19 heavy (non-hydrogen) atoms.